The number of carboxylic acid groups (broad SMARTS) is 1. The fourth-order valence-electron chi connectivity index (χ4n) is 3.92. The van der Waals surface area contributed by atoms with Gasteiger partial charge in [-0.2, -0.15) is 0 Å². The number of halogens is 2. The summed E-state index contributed by atoms with van der Waals surface area (Å²) in [5.41, 5.74) is -1.44. The molecule has 1 heterocycles. The first-order valence-electron chi connectivity index (χ1n) is 8.76. The highest BCUT2D eigenvalue weighted by Crippen LogP contribution is 2.53. The van der Waals surface area contributed by atoms with Gasteiger partial charge in [-0.1, -0.05) is 6.42 Å². The number of carboxylic acids is 1. The van der Waals surface area contributed by atoms with Gasteiger partial charge in [0.2, 0.25) is 5.91 Å². The molecule has 1 fully saturated rings. The number of nitrogens with one attached hydrogen (secondary N) is 1. The SMILES string of the molecule is Cc1c(F)ccc(N(c2cc(C(=O)O)c3c(c2)C2(CCC2)C(=O)N3)S(=O)O)c1F. The Morgan fingerprint density at radius 2 is 1.97 bits per heavy atom. The normalized spacial score (nSPS) is 17.4. The molecule has 0 radical (unpaired) electrons. The van der Waals surface area contributed by atoms with Crippen LogP contribution in [0.25, 0.3) is 0 Å². The van der Waals surface area contributed by atoms with Crippen molar-refractivity contribution in [1.29, 1.82) is 0 Å². The van der Waals surface area contributed by atoms with Crippen LogP contribution in [0.5, 0.6) is 0 Å². The van der Waals surface area contributed by atoms with E-state index in [9.17, 15) is 32.2 Å². The highest BCUT2D eigenvalue weighted by atomic mass is 32.2. The molecular weight excluding hydrogens is 406 g/mol. The second-order valence-electron chi connectivity index (χ2n) is 7.14. The molecule has 152 valence electrons. The molecule has 0 saturated heterocycles. The van der Waals surface area contributed by atoms with E-state index >= 15 is 0 Å². The van der Waals surface area contributed by atoms with Gasteiger partial charge >= 0.3 is 5.97 Å². The largest absolute Gasteiger partial charge is 0.478 e. The lowest BCUT2D eigenvalue weighted by Crippen LogP contribution is -2.40. The number of aromatic carboxylic acids is 1. The molecule has 1 aliphatic heterocycles. The minimum absolute atomic E-state index is 0.0883. The summed E-state index contributed by atoms with van der Waals surface area (Å²) in [4.78, 5) is 24.3. The summed E-state index contributed by atoms with van der Waals surface area (Å²) in [6.45, 7) is 1.18. The first kappa shape index (κ1) is 19.5. The van der Waals surface area contributed by atoms with Crippen molar-refractivity contribution in [1.82, 2.24) is 0 Å². The van der Waals surface area contributed by atoms with E-state index in [1.165, 1.54) is 13.0 Å². The number of nitrogens with zero attached hydrogens (tertiary/aromatic N) is 1. The number of carbonyl (C=O) groups is 2. The Kier molecular flexibility index (Phi) is 4.43. The van der Waals surface area contributed by atoms with Crippen LogP contribution in [0.2, 0.25) is 0 Å². The summed E-state index contributed by atoms with van der Waals surface area (Å²) in [5, 5.41) is 12.2. The van der Waals surface area contributed by atoms with Gasteiger partial charge in [-0.3, -0.25) is 9.35 Å². The van der Waals surface area contributed by atoms with Crippen molar-refractivity contribution in [2.24, 2.45) is 0 Å². The monoisotopic (exact) mass is 422 g/mol. The van der Waals surface area contributed by atoms with Gasteiger partial charge in [0.05, 0.1) is 28.0 Å². The molecule has 2 aromatic carbocycles. The molecule has 1 amide bonds. The lowest BCUT2D eigenvalue weighted by atomic mass is 9.65. The molecular formula is C19H16F2N2O5S. The number of anilines is 3. The quantitative estimate of drug-likeness (QED) is 0.653. The van der Waals surface area contributed by atoms with Gasteiger partial charge in [0, 0.05) is 5.56 Å². The molecule has 2 aromatic rings. The molecule has 29 heavy (non-hydrogen) atoms. The Balaban J connectivity index is 1.96. The number of amides is 1. The number of hydrogen-bond acceptors (Lipinski definition) is 3. The summed E-state index contributed by atoms with van der Waals surface area (Å²) in [6, 6.07) is 4.47. The van der Waals surface area contributed by atoms with Crippen molar-refractivity contribution in [3.05, 3.63) is 52.6 Å². The molecule has 2 aliphatic rings. The van der Waals surface area contributed by atoms with Crippen LogP contribution >= 0.6 is 0 Å². The fourth-order valence-corrected chi connectivity index (χ4v) is 4.52. The van der Waals surface area contributed by atoms with Gasteiger partial charge in [0.15, 0.2) is 5.82 Å². The van der Waals surface area contributed by atoms with Gasteiger partial charge in [-0.05, 0) is 49.6 Å². The maximum absolute atomic E-state index is 14.7. The zero-order chi connectivity index (χ0) is 21.1. The van der Waals surface area contributed by atoms with Crippen LogP contribution in [0.15, 0.2) is 24.3 Å². The van der Waals surface area contributed by atoms with Gasteiger partial charge in [-0.25, -0.2) is 22.1 Å². The molecule has 1 aliphatic carbocycles. The van der Waals surface area contributed by atoms with Gasteiger partial charge in [-0.15, -0.1) is 0 Å². The lowest BCUT2D eigenvalue weighted by molar-refractivity contribution is -0.123. The van der Waals surface area contributed by atoms with E-state index < -0.39 is 34.3 Å². The topological polar surface area (TPSA) is 107 Å². The summed E-state index contributed by atoms with van der Waals surface area (Å²) in [5.74, 6) is -3.53. The number of rotatable bonds is 4. The Morgan fingerprint density at radius 3 is 2.52 bits per heavy atom. The zero-order valence-electron chi connectivity index (χ0n) is 15.2. The van der Waals surface area contributed by atoms with E-state index in [-0.39, 0.29) is 34.1 Å². The van der Waals surface area contributed by atoms with Gasteiger partial charge < -0.3 is 10.4 Å². The third-order valence-electron chi connectivity index (χ3n) is 5.66. The van der Waals surface area contributed by atoms with E-state index in [0.717, 1.165) is 24.6 Å². The van der Waals surface area contributed by atoms with Crippen LogP contribution in [0.1, 0.15) is 40.7 Å². The standard InChI is InChI=1S/C19H16F2N2O5S/c1-9-13(20)3-4-14(15(9)21)23(29(27)28)10-7-11(17(24)25)16-12(8-10)19(5-2-6-19)18(26)22-16/h3-4,7-8H,2,5-6H2,1H3,(H,22,26)(H,24,25)(H,27,28). The Hall–Kier alpha value is -2.85. The van der Waals surface area contributed by atoms with Crippen molar-refractivity contribution in [2.75, 3.05) is 9.62 Å². The van der Waals surface area contributed by atoms with Crippen LogP contribution in [-0.4, -0.2) is 25.7 Å². The summed E-state index contributed by atoms with van der Waals surface area (Å²) >= 11 is -2.79. The number of benzene rings is 2. The highest BCUT2D eigenvalue weighted by molar-refractivity contribution is 7.81. The second-order valence-corrected chi connectivity index (χ2v) is 7.97. The van der Waals surface area contributed by atoms with E-state index in [1.807, 2.05) is 0 Å². The first-order valence-corrected chi connectivity index (χ1v) is 9.82. The molecule has 0 aromatic heterocycles. The van der Waals surface area contributed by atoms with E-state index in [2.05, 4.69) is 5.32 Å². The number of carbonyl (C=O) groups excluding carboxylic acids is 1. The third kappa shape index (κ3) is 2.74. The molecule has 1 atom stereocenters. The average Bonchev–Trinajstić information content (AvgIpc) is 2.92. The second kappa shape index (κ2) is 6.60. The minimum Gasteiger partial charge on any atom is -0.478 e. The Morgan fingerprint density at radius 1 is 1.28 bits per heavy atom. The molecule has 1 unspecified atom stereocenters. The highest BCUT2D eigenvalue weighted by Gasteiger charge is 2.52. The van der Waals surface area contributed by atoms with Crippen molar-refractivity contribution in [2.45, 2.75) is 31.6 Å². The molecule has 10 heteroatoms. The van der Waals surface area contributed by atoms with Crippen LogP contribution in [0.3, 0.4) is 0 Å². The molecule has 0 bridgehead atoms. The Bertz CT molecular complexity index is 1100. The van der Waals surface area contributed by atoms with Crippen molar-refractivity contribution < 1.29 is 32.2 Å². The van der Waals surface area contributed by atoms with Crippen LogP contribution in [-0.2, 0) is 21.5 Å². The molecule has 1 saturated carbocycles. The smallest absolute Gasteiger partial charge is 0.337 e. The van der Waals surface area contributed by atoms with Crippen molar-refractivity contribution in [3.8, 4) is 0 Å². The van der Waals surface area contributed by atoms with Crippen molar-refractivity contribution in [3.63, 3.8) is 0 Å². The Labute approximate surface area is 166 Å². The summed E-state index contributed by atoms with van der Waals surface area (Å²) in [6.07, 6.45) is 1.81. The van der Waals surface area contributed by atoms with Crippen LogP contribution in [0.4, 0.5) is 25.8 Å². The molecule has 3 N–H and O–H groups in total. The van der Waals surface area contributed by atoms with Crippen LogP contribution < -0.4 is 9.62 Å². The summed E-state index contributed by atoms with van der Waals surface area (Å²) < 4.78 is 50.9. The number of fused-ring (bicyclic) bond motifs is 2. The predicted molar refractivity (Wildman–Crippen MR) is 102 cm³/mol. The van der Waals surface area contributed by atoms with Crippen molar-refractivity contribution >= 4 is 40.2 Å². The molecule has 4 rings (SSSR count). The number of hydrogen-bond donors (Lipinski definition) is 3. The lowest BCUT2D eigenvalue weighted by Gasteiger charge is -2.36. The van der Waals surface area contributed by atoms with Crippen LogP contribution in [0, 0.1) is 18.6 Å². The average molecular weight is 422 g/mol. The third-order valence-corrected chi connectivity index (χ3v) is 6.38. The van der Waals surface area contributed by atoms with Gasteiger partial charge in [0.25, 0.3) is 11.3 Å². The fraction of sp³-hybridized carbons (Fsp3) is 0.263. The predicted octanol–water partition coefficient (Wildman–Crippen LogP) is 3.62. The van der Waals surface area contributed by atoms with Gasteiger partial charge in [0.1, 0.15) is 5.82 Å². The molecule has 1 spiro atoms. The zero-order valence-corrected chi connectivity index (χ0v) is 16.0. The molecule has 7 nitrogen and oxygen atoms in total. The van der Waals surface area contributed by atoms with E-state index in [0.29, 0.717) is 22.7 Å². The maximum atomic E-state index is 14.7. The summed E-state index contributed by atoms with van der Waals surface area (Å²) in [7, 11) is 0. The first-order chi connectivity index (χ1) is 13.7. The minimum atomic E-state index is -2.79. The van der Waals surface area contributed by atoms with E-state index in [1.54, 1.807) is 0 Å². The van der Waals surface area contributed by atoms with E-state index in [4.69, 9.17) is 0 Å². The maximum Gasteiger partial charge on any atom is 0.337 e.